The average Bonchev–Trinajstić information content (AvgIpc) is 2.90. The molecular weight excluding hydrogens is 473 g/mol. The molecule has 2 N–H and O–H groups in total. The quantitative estimate of drug-likeness (QED) is 0.442. The molecule has 2 aliphatic rings. The van der Waals surface area contributed by atoms with Crippen LogP contribution in [0.5, 0.6) is 0 Å². The predicted molar refractivity (Wildman–Crippen MR) is 144 cm³/mol. The van der Waals surface area contributed by atoms with E-state index in [9.17, 15) is 14.0 Å². The van der Waals surface area contributed by atoms with Crippen molar-refractivity contribution in [2.75, 3.05) is 29.5 Å². The molecule has 1 saturated heterocycles. The molecule has 1 unspecified atom stereocenters. The Labute approximate surface area is 215 Å². The third-order valence-electron chi connectivity index (χ3n) is 6.94. The molecule has 2 heterocycles. The Morgan fingerprint density at radius 3 is 2.50 bits per heavy atom. The molecule has 2 aliphatic heterocycles. The second-order valence-corrected chi connectivity index (χ2v) is 10.5. The molecule has 2 amide bonds. The number of hydrogen-bond donors (Lipinski definition) is 2. The lowest BCUT2D eigenvalue weighted by Gasteiger charge is -2.32. The Morgan fingerprint density at radius 1 is 0.972 bits per heavy atom. The smallest absolute Gasteiger partial charge is 0.253 e. The van der Waals surface area contributed by atoms with E-state index in [2.05, 4.69) is 34.9 Å². The summed E-state index contributed by atoms with van der Waals surface area (Å²) in [7, 11) is 0. The van der Waals surface area contributed by atoms with Crippen LogP contribution in [0, 0.1) is 11.7 Å². The van der Waals surface area contributed by atoms with E-state index < -0.39 is 6.04 Å². The minimum Gasteiger partial charge on any atom is -0.371 e. The van der Waals surface area contributed by atoms with Crippen LogP contribution in [0.25, 0.3) is 0 Å². The minimum absolute atomic E-state index is 0.00720. The third kappa shape index (κ3) is 5.73. The zero-order valence-corrected chi connectivity index (χ0v) is 20.9. The number of thioether (sulfide) groups is 1. The summed E-state index contributed by atoms with van der Waals surface area (Å²) < 4.78 is 13.8. The maximum atomic E-state index is 13.8. The summed E-state index contributed by atoms with van der Waals surface area (Å²) in [6.45, 7) is 1.50. The Balaban J connectivity index is 1.15. The molecule has 3 aromatic carbocycles. The lowest BCUT2D eigenvalue weighted by molar-refractivity contribution is -0.116. The van der Waals surface area contributed by atoms with Crippen molar-refractivity contribution in [2.24, 2.45) is 5.92 Å². The van der Waals surface area contributed by atoms with Gasteiger partial charge in [-0.15, -0.1) is 0 Å². The van der Waals surface area contributed by atoms with E-state index in [0.29, 0.717) is 34.2 Å². The fraction of sp³-hybridized carbons (Fsp3) is 0.310. The van der Waals surface area contributed by atoms with E-state index in [1.807, 2.05) is 29.2 Å². The number of rotatable bonds is 7. The van der Waals surface area contributed by atoms with Crippen LogP contribution in [0.2, 0.25) is 0 Å². The van der Waals surface area contributed by atoms with Crippen molar-refractivity contribution >= 4 is 35.0 Å². The van der Waals surface area contributed by atoms with Crippen LogP contribution >= 0.6 is 11.8 Å². The lowest BCUT2D eigenvalue weighted by Crippen LogP contribution is -2.41. The van der Waals surface area contributed by atoms with Crippen LogP contribution in [-0.2, 0) is 17.0 Å². The highest BCUT2D eigenvalue weighted by Gasteiger charge is 2.28. The van der Waals surface area contributed by atoms with Gasteiger partial charge in [-0.25, -0.2) is 4.39 Å². The molecule has 1 fully saturated rings. The number of hydrogen-bond acceptors (Lipinski definition) is 4. The first-order valence-corrected chi connectivity index (χ1v) is 13.6. The number of nitrogens with one attached hydrogen (secondary N) is 2. The monoisotopic (exact) mass is 503 g/mol. The number of piperidine rings is 1. The van der Waals surface area contributed by atoms with Crippen LogP contribution in [-0.4, -0.2) is 41.6 Å². The Bertz CT molecular complexity index is 1230. The summed E-state index contributed by atoms with van der Waals surface area (Å²) in [5.74, 6) is 1.24. The van der Waals surface area contributed by atoms with Crippen LogP contribution in [0.3, 0.4) is 0 Å². The number of nitrogens with zero attached hydrogens (tertiary/aromatic N) is 1. The van der Waals surface area contributed by atoms with Gasteiger partial charge >= 0.3 is 0 Å². The van der Waals surface area contributed by atoms with Crippen molar-refractivity contribution < 1.29 is 14.0 Å². The van der Waals surface area contributed by atoms with Crippen molar-refractivity contribution in [3.8, 4) is 0 Å². The fourth-order valence-electron chi connectivity index (χ4n) is 4.87. The molecule has 36 heavy (non-hydrogen) atoms. The van der Waals surface area contributed by atoms with Crippen LogP contribution in [0.1, 0.15) is 34.3 Å². The summed E-state index contributed by atoms with van der Waals surface area (Å²) in [6, 6.07) is 22.2. The minimum atomic E-state index is -0.417. The van der Waals surface area contributed by atoms with E-state index in [1.165, 1.54) is 23.4 Å². The van der Waals surface area contributed by atoms with Crippen LogP contribution < -0.4 is 10.6 Å². The van der Waals surface area contributed by atoms with Gasteiger partial charge in [0.05, 0.1) is 11.4 Å². The number of anilines is 2. The molecule has 5 rings (SSSR count). The van der Waals surface area contributed by atoms with E-state index in [-0.39, 0.29) is 17.6 Å². The fourth-order valence-corrected chi connectivity index (χ4v) is 5.91. The van der Waals surface area contributed by atoms with E-state index in [0.717, 1.165) is 38.0 Å². The normalized spacial score (nSPS) is 17.8. The van der Waals surface area contributed by atoms with Gasteiger partial charge in [-0.05, 0) is 60.6 Å². The van der Waals surface area contributed by atoms with Crippen LogP contribution in [0.4, 0.5) is 15.8 Å². The first kappa shape index (κ1) is 24.4. The molecule has 0 aliphatic carbocycles. The number of amides is 2. The highest BCUT2D eigenvalue weighted by atomic mass is 32.2. The molecule has 186 valence electrons. The first-order chi connectivity index (χ1) is 17.6. The molecule has 7 heteroatoms. The number of benzene rings is 3. The van der Waals surface area contributed by atoms with Gasteiger partial charge in [0.15, 0.2) is 0 Å². The Kier molecular flexibility index (Phi) is 7.56. The maximum Gasteiger partial charge on any atom is 0.253 e. The van der Waals surface area contributed by atoms with Crippen molar-refractivity contribution in [1.82, 2.24) is 4.90 Å². The van der Waals surface area contributed by atoms with Gasteiger partial charge in [-0.1, -0.05) is 48.5 Å². The summed E-state index contributed by atoms with van der Waals surface area (Å²) in [6.07, 6.45) is 3.05. The highest BCUT2D eigenvalue weighted by molar-refractivity contribution is 7.98. The summed E-state index contributed by atoms with van der Waals surface area (Å²) in [5.41, 5.74) is 3.99. The highest BCUT2D eigenvalue weighted by Crippen LogP contribution is 2.30. The number of halogens is 1. The van der Waals surface area contributed by atoms with E-state index in [4.69, 9.17) is 0 Å². The van der Waals surface area contributed by atoms with E-state index in [1.54, 1.807) is 18.2 Å². The molecule has 0 radical (unpaired) electrons. The number of carbonyl (C=O) groups is 2. The standard InChI is InChI=1S/C29H30FN3O2S/c30-24-9-5-4-8-23(24)18-36-19-27-28(34)32-26-17-22(10-11-25(26)31-27)29(35)33-14-12-21(13-15-33)16-20-6-2-1-3-7-20/h1-11,17,21,27,31H,12-16,18-19H2,(H,32,34). The lowest BCUT2D eigenvalue weighted by atomic mass is 9.90. The topological polar surface area (TPSA) is 61.4 Å². The molecule has 0 saturated carbocycles. The summed E-state index contributed by atoms with van der Waals surface area (Å²) >= 11 is 1.51. The largest absolute Gasteiger partial charge is 0.371 e. The van der Waals surface area contributed by atoms with Gasteiger partial charge < -0.3 is 15.5 Å². The zero-order chi connectivity index (χ0) is 24.9. The van der Waals surface area contributed by atoms with Gasteiger partial charge in [0, 0.05) is 30.2 Å². The zero-order valence-electron chi connectivity index (χ0n) is 20.1. The van der Waals surface area contributed by atoms with Crippen molar-refractivity contribution in [3.63, 3.8) is 0 Å². The van der Waals surface area contributed by atoms with Gasteiger partial charge in [0.1, 0.15) is 11.9 Å². The maximum absolute atomic E-state index is 13.8. The predicted octanol–water partition coefficient (Wildman–Crippen LogP) is 5.59. The van der Waals surface area contributed by atoms with Crippen molar-refractivity contribution in [2.45, 2.75) is 31.1 Å². The second kappa shape index (κ2) is 11.2. The van der Waals surface area contributed by atoms with Gasteiger partial charge in [-0.2, -0.15) is 11.8 Å². The van der Waals surface area contributed by atoms with Crippen molar-refractivity contribution in [3.05, 3.63) is 95.3 Å². The molecule has 0 bridgehead atoms. The Morgan fingerprint density at radius 2 is 1.72 bits per heavy atom. The number of fused-ring (bicyclic) bond motifs is 1. The van der Waals surface area contributed by atoms with Gasteiger partial charge in [0.25, 0.3) is 5.91 Å². The third-order valence-corrected chi connectivity index (χ3v) is 8.02. The second-order valence-electron chi connectivity index (χ2n) is 9.48. The van der Waals surface area contributed by atoms with Crippen molar-refractivity contribution in [1.29, 1.82) is 0 Å². The molecule has 0 spiro atoms. The van der Waals surface area contributed by atoms with Gasteiger partial charge in [-0.3, -0.25) is 9.59 Å². The molecule has 5 nitrogen and oxygen atoms in total. The average molecular weight is 504 g/mol. The first-order valence-electron chi connectivity index (χ1n) is 12.4. The van der Waals surface area contributed by atoms with Gasteiger partial charge in [0.2, 0.25) is 5.91 Å². The molecule has 1 atom stereocenters. The SMILES string of the molecule is O=C1Nc2cc(C(=O)N3CCC(Cc4ccccc4)CC3)ccc2NC1CSCc1ccccc1F. The summed E-state index contributed by atoms with van der Waals surface area (Å²) in [5, 5.41) is 6.21. The molecule has 0 aromatic heterocycles. The molecular formula is C29H30FN3O2S. The molecule has 3 aromatic rings. The number of likely N-dealkylation sites (tertiary alicyclic amines) is 1. The van der Waals surface area contributed by atoms with E-state index >= 15 is 0 Å². The summed E-state index contributed by atoms with van der Waals surface area (Å²) in [4.78, 5) is 27.8. The van der Waals surface area contributed by atoms with Crippen LogP contribution in [0.15, 0.2) is 72.8 Å². The Hall–Kier alpha value is -3.32. The number of carbonyl (C=O) groups excluding carboxylic acids is 2.